The average Bonchev–Trinajstić information content (AvgIpc) is 2.38. The molecule has 0 aliphatic carbocycles. The number of rotatable bonds is 6. The average molecular weight is 342 g/mol. The zero-order valence-corrected chi connectivity index (χ0v) is 14.3. The van der Waals surface area contributed by atoms with Crippen molar-refractivity contribution in [3.63, 3.8) is 0 Å². The molecule has 0 aliphatic heterocycles. The van der Waals surface area contributed by atoms with Gasteiger partial charge in [-0.1, -0.05) is 42.8 Å². The number of methoxy groups -OCH3 is 1. The van der Waals surface area contributed by atoms with E-state index in [1.165, 1.54) is 5.56 Å². The minimum absolute atomic E-state index is 0.0373. The fourth-order valence-corrected chi connectivity index (χ4v) is 2.26. The van der Waals surface area contributed by atoms with Gasteiger partial charge in [0, 0.05) is 11.8 Å². The molecule has 1 aromatic rings. The SMILES string of the molecule is COc1ccc(C(C)(C)C)cc1NC(=O)CCCCBr. The topological polar surface area (TPSA) is 38.3 Å². The van der Waals surface area contributed by atoms with Crippen molar-refractivity contribution in [3.05, 3.63) is 23.8 Å². The fourth-order valence-electron chi connectivity index (χ4n) is 1.86. The molecular formula is C16H24BrNO2. The summed E-state index contributed by atoms with van der Waals surface area (Å²) < 4.78 is 5.32. The van der Waals surface area contributed by atoms with Gasteiger partial charge in [-0.15, -0.1) is 0 Å². The summed E-state index contributed by atoms with van der Waals surface area (Å²) in [6, 6.07) is 5.95. The zero-order chi connectivity index (χ0) is 15.2. The van der Waals surface area contributed by atoms with Gasteiger partial charge in [-0.05, 0) is 36.0 Å². The molecule has 3 nitrogen and oxygen atoms in total. The van der Waals surface area contributed by atoms with Crippen LogP contribution in [-0.4, -0.2) is 18.3 Å². The van der Waals surface area contributed by atoms with Gasteiger partial charge in [0.15, 0.2) is 0 Å². The third kappa shape index (κ3) is 5.16. The highest BCUT2D eigenvalue weighted by Crippen LogP contribution is 2.31. The largest absolute Gasteiger partial charge is 0.495 e. The molecule has 0 unspecified atom stereocenters. The molecule has 1 amide bonds. The van der Waals surface area contributed by atoms with Gasteiger partial charge in [0.1, 0.15) is 5.75 Å². The molecule has 0 saturated carbocycles. The number of nitrogens with one attached hydrogen (secondary N) is 1. The number of hydrogen-bond donors (Lipinski definition) is 1. The Hall–Kier alpha value is -1.03. The molecule has 0 bridgehead atoms. The van der Waals surface area contributed by atoms with Crippen LogP contribution in [0.2, 0.25) is 0 Å². The number of unbranched alkanes of at least 4 members (excludes halogenated alkanes) is 1. The lowest BCUT2D eigenvalue weighted by molar-refractivity contribution is -0.116. The summed E-state index contributed by atoms with van der Waals surface area (Å²) in [5.41, 5.74) is 1.97. The van der Waals surface area contributed by atoms with E-state index in [0.717, 1.165) is 23.9 Å². The van der Waals surface area contributed by atoms with Crippen molar-refractivity contribution in [2.24, 2.45) is 0 Å². The lowest BCUT2D eigenvalue weighted by atomic mass is 9.87. The van der Waals surface area contributed by atoms with Gasteiger partial charge >= 0.3 is 0 Å². The molecule has 0 fully saturated rings. The Morgan fingerprint density at radius 2 is 2.00 bits per heavy atom. The van der Waals surface area contributed by atoms with E-state index in [4.69, 9.17) is 4.74 Å². The van der Waals surface area contributed by atoms with Crippen molar-refractivity contribution in [2.45, 2.75) is 45.4 Å². The first-order valence-electron chi connectivity index (χ1n) is 6.93. The Morgan fingerprint density at radius 3 is 2.55 bits per heavy atom. The van der Waals surface area contributed by atoms with E-state index in [9.17, 15) is 4.79 Å². The molecule has 0 radical (unpaired) electrons. The van der Waals surface area contributed by atoms with Gasteiger partial charge in [-0.25, -0.2) is 0 Å². The summed E-state index contributed by atoms with van der Waals surface area (Å²) in [5, 5.41) is 3.89. The highest BCUT2D eigenvalue weighted by molar-refractivity contribution is 9.09. The van der Waals surface area contributed by atoms with Gasteiger partial charge in [0.2, 0.25) is 5.91 Å². The van der Waals surface area contributed by atoms with Gasteiger partial charge in [-0.2, -0.15) is 0 Å². The number of amides is 1. The van der Waals surface area contributed by atoms with Crippen LogP contribution in [0.3, 0.4) is 0 Å². The fraction of sp³-hybridized carbons (Fsp3) is 0.562. The van der Waals surface area contributed by atoms with Crippen LogP contribution in [0.5, 0.6) is 5.75 Å². The maximum absolute atomic E-state index is 11.9. The monoisotopic (exact) mass is 341 g/mol. The second-order valence-electron chi connectivity index (χ2n) is 5.86. The first-order valence-corrected chi connectivity index (χ1v) is 8.05. The summed E-state index contributed by atoms with van der Waals surface area (Å²) >= 11 is 3.37. The number of alkyl halides is 1. The Morgan fingerprint density at radius 1 is 1.30 bits per heavy atom. The van der Waals surface area contributed by atoms with E-state index < -0.39 is 0 Å². The Kier molecular flexibility index (Phi) is 6.53. The number of carbonyl (C=O) groups is 1. The van der Waals surface area contributed by atoms with E-state index in [-0.39, 0.29) is 11.3 Å². The molecule has 1 aromatic carbocycles. The van der Waals surface area contributed by atoms with Gasteiger partial charge in [-0.3, -0.25) is 4.79 Å². The molecule has 20 heavy (non-hydrogen) atoms. The second kappa shape index (κ2) is 7.67. The summed E-state index contributed by atoms with van der Waals surface area (Å²) in [6.45, 7) is 6.45. The second-order valence-corrected chi connectivity index (χ2v) is 6.65. The van der Waals surface area contributed by atoms with E-state index in [0.29, 0.717) is 12.2 Å². The number of ether oxygens (including phenoxy) is 1. The van der Waals surface area contributed by atoms with Crippen molar-refractivity contribution in [2.75, 3.05) is 17.8 Å². The molecule has 1 rings (SSSR count). The van der Waals surface area contributed by atoms with Gasteiger partial charge in [0.05, 0.1) is 12.8 Å². The predicted molar refractivity (Wildman–Crippen MR) is 88.0 cm³/mol. The van der Waals surface area contributed by atoms with Crippen LogP contribution in [-0.2, 0) is 10.2 Å². The number of benzene rings is 1. The van der Waals surface area contributed by atoms with Crippen LogP contribution in [0.15, 0.2) is 18.2 Å². The minimum Gasteiger partial charge on any atom is -0.495 e. The van der Waals surface area contributed by atoms with Crippen LogP contribution < -0.4 is 10.1 Å². The van der Waals surface area contributed by atoms with E-state index >= 15 is 0 Å². The third-order valence-corrected chi connectivity index (χ3v) is 3.69. The lowest BCUT2D eigenvalue weighted by Gasteiger charge is -2.21. The van der Waals surface area contributed by atoms with E-state index in [1.54, 1.807) is 7.11 Å². The van der Waals surface area contributed by atoms with Crippen molar-refractivity contribution in [3.8, 4) is 5.75 Å². The predicted octanol–water partition coefficient (Wildman–Crippen LogP) is 4.50. The highest BCUT2D eigenvalue weighted by atomic mass is 79.9. The highest BCUT2D eigenvalue weighted by Gasteiger charge is 2.16. The zero-order valence-electron chi connectivity index (χ0n) is 12.8. The molecule has 0 heterocycles. The standard InChI is InChI=1S/C16H24BrNO2/c1-16(2,3)12-8-9-14(20-4)13(11-12)18-15(19)7-5-6-10-17/h8-9,11H,5-7,10H2,1-4H3,(H,18,19). The molecular weight excluding hydrogens is 318 g/mol. The quantitative estimate of drug-likeness (QED) is 0.611. The van der Waals surface area contributed by atoms with E-state index in [2.05, 4.69) is 42.0 Å². The number of carbonyl (C=O) groups excluding carboxylic acids is 1. The smallest absolute Gasteiger partial charge is 0.224 e. The van der Waals surface area contributed by atoms with Crippen LogP contribution in [0, 0.1) is 0 Å². The Labute approximate surface area is 130 Å². The van der Waals surface area contributed by atoms with Crippen LogP contribution >= 0.6 is 15.9 Å². The molecule has 4 heteroatoms. The molecule has 0 atom stereocenters. The van der Waals surface area contributed by atoms with E-state index in [1.807, 2.05) is 18.2 Å². The van der Waals surface area contributed by atoms with Crippen LogP contribution in [0.4, 0.5) is 5.69 Å². The van der Waals surface area contributed by atoms with Crippen molar-refractivity contribution < 1.29 is 9.53 Å². The van der Waals surface area contributed by atoms with Gasteiger partial charge < -0.3 is 10.1 Å². The minimum atomic E-state index is 0.0373. The summed E-state index contributed by atoms with van der Waals surface area (Å²) in [4.78, 5) is 11.9. The number of anilines is 1. The molecule has 0 saturated heterocycles. The molecule has 112 valence electrons. The summed E-state index contributed by atoms with van der Waals surface area (Å²) in [6.07, 6.45) is 2.43. The molecule has 1 N–H and O–H groups in total. The number of halogens is 1. The number of hydrogen-bond acceptors (Lipinski definition) is 2. The summed E-state index contributed by atoms with van der Waals surface area (Å²) in [7, 11) is 1.62. The maximum Gasteiger partial charge on any atom is 0.224 e. The summed E-state index contributed by atoms with van der Waals surface area (Å²) in [5.74, 6) is 0.738. The van der Waals surface area contributed by atoms with Crippen molar-refractivity contribution in [1.82, 2.24) is 0 Å². The van der Waals surface area contributed by atoms with Crippen molar-refractivity contribution >= 4 is 27.5 Å². The normalized spacial score (nSPS) is 11.2. The molecule has 0 spiro atoms. The molecule has 0 aromatic heterocycles. The maximum atomic E-state index is 11.9. The van der Waals surface area contributed by atoms with Crippen LogP contribution in [0.1, 0.15) is 45.6 Å². The first kappa shape index (κ1) is 17.0. The first-order chi connectivity index (χ1) is 9.38. The van der Waals surface area contributed by atoms with Crippen molar-refractivity contribution in [1.29, 1.82) is 0 Å². The molecule has 0 aliphatic rings. The lowest BCUT2D eigenvalue weighted by Crippen LogP contribution is -2.15. The Balaban J connectivity index is 2.83. The third-order valence-electron chi connectivity index (χ3n) is 3.13. The van der Waals surface area contributed by atoms with Crippen LogP contribution in [0.25, 0.3) is 0 Å². The Bertz CT molecular complexity index is 452. The van der Waals surface area contributed by atoms with Gasteiger partial charge in [0.25, 0.3) is 0 Å².